The van der Waals surface area contributed by atoms with Crippen LogP contribution in [-0.2, 0) is 10.0 Å². The van der Waals surface area contributed by atoms with Crippen LogP contribution in [0.15, 0.2) is 53.4 Å². The van der Waals surface area contributed by atoms with Crippen LogP contribution in [0.3, 0.4) is 0 Å². The second-order valence-electron chi connectivity index (χ2n) is 5.58. The molecular weight excluding hydrogens is 374 g/mol. The smallest absolute Gasteiger partial charge is 0.251 e. The van der Waals surface area contributed by atoms with Crippen molar-refractivity contribution in [2.24, 2.45) is 0 Å². The summed E-state index contributed by atoms with van der Waals surface area (Å²) >= 11 is 5.95. The van der Waals surface area contributed by atoms with Gasteiger partial charge in [0.2, 0.25) is 10.0 Å². The second-order valence-corrected chi connectivity index (χ2v) is 7.78. The van der Waals surface area contributed by atoms with Crippen molar-refractivity contribution in [2.45, 2.75) is 24.3 Å². The standard InChI is InChI=1S/C18H18ClN3O3S/c1-13(15-4-2-5-16(19)12-15)22-18(23)14-6-8-17(9-7-14)26(24,25)21-11-3-10-20/h2,4-9,12-13,21H,3,11H2,1H3,(H,22,23)/t13-/m0/s1. The molecule has 0 unspecified atom stereocenters. The number of sulfonamides is 1. The summed E-state index contributed by atoms with van der Waals surface area (Å²) in [5.41, 5.74) is 1.21. The predicted molar refractivity (Wildman–Crippen MR) is 99.2 cm³/mol. The fourth-order valence-electron chi connectivity index (χ4n) is 2.25. The molecule has 0 saturated carbocycles. The van der Waals surface area contributed by atoms with Crippen molar-refractivity contribution in [3.63, 3.8) is 0 Å². The highest BCUT2D eigenvalue weighted by molar-refractivity contribution is 7.89. The van der Waals surface area contributed by atoms with E-state index in [1.807, 2.05) is 19.1 Å². The molecule has 0 aromatic heterocycles. The highest BCUT2D eigenvalue weighted by Crippen LogP contribution is 2.18. The molecule has 0 aliphatic heterocycles. The van der Waals surface area contributed by atoms with E-state index >= 15 is 0 Å². The summed E-state index contributed by atoms with van der Waals surface area (Å²) < 4.78 is 26.4. The third-order valence-corrected chi connectivity index (χ3v) is 5.36. The lowest BCUT2D eigenvalue weighted by Gasteiger charge is -2.15. The van der Waals surface area contributed by atoms with Crippen LogP contribution >= 0.6 is 11.6 Å². The number of benzene rings is 2. The van der Waals surface area contributed by atoms with Gasteiger partial charge in [0.15, 0.2) is 0 Å². The van der Waals surface area contributed by atoms with E-state index in [9.17, 15) is 13.2 Å². The number of amides is 1. The summed E-state index contributed by atoms with van der Waals surface area (Å²) in [6.07, 6.45) is 0.0844. The number of carbonyl (C=O) groups excluding carboxylic acids is 1. The van der Waals surface area contributed by atoms with E-state index in [0.29, 0.717) is 10.6 Å². The van der Waals surface area contributed by atoms with E-state index in [0.717, 1.165) is 5.56 Å². The van der Waals surface area contributed by atoms with Gasteiger partial charge in [-0.25, -0.2) is 13.1 Å². The predicted octanol–water partition coefficient (Wildman–Crippen LogP) is 3.02. The minimum atomic E-state index is -3.69. The van der Waals surface area contributed by atoms with Crippen LogP contribution in [0, 0.1) is 11.3 Å². The normalized spacial score (nSPS) is 12.2. The molecule has 0 bridgehead atoms. The van der Waals surface area contributed by atoms with Crippen LogP contribution in [0.1, 0.15) is 35.3 Å². The molecule has 26 heavy (non-hydrogen) atoms. The van der Waals surface area contributed by atoms with Gasteiger partial charge in [-0.3, -0.25) is 4.79 Å². The molecule has 0 fully saturated rings. The van der Waals surface area contributed by atoms with Crippen molar-refractivity contribution < 1.29 is 13.2 Å². The van der Waals surface area contributed by atoms with Gasteiger partial charge in [-0.1, -0.05) is 23.7 Å². The summed E-state index contributed by atoms with van der Waals surface area (Å²) in [6, 6.07) is 14.4. The van der Waals surface area contributed by atoms with E-state index in [1.54, 1.807) is 18.2 Å². The molecule has 1 atom stereocenters. The lowest BCUT2D eigenvalue weighted by atomic mass is 10.1. The molecule has 0 aliphatic carbocycles. The van der Waals surface area contributed by atoms with Crippen LogP contribution < -0.4 is 10.0 Å². The highest BCUT2D eigenvalue weighted by atomic mass is 35.5. The second kappa shape index (κ2) is 8.81. The van der Waals surface area contributed by atoms with Crippen LogP contribution in [0.25, 0.3) is 0 Å². The van der Waals surface area contributed by atoms with Crippen molar-refractivity contribution in [3.8, 4) is 6.07 Å². The first-order valence-electron chi connectivity index (χ1n) is 7.86. The Balaban J connectivity index is 2.05. The number of halogens is 1. The third-order valence-electron chi connectivity index (χ3n) is 3.65. The quantitative estimate of drug-likeness (QED) is 0.708. The van der Waals surface area contributed by atoms with Crippen molar-refractivity contribution in [2.75, 3.05) is 6.54 Å². The molecule has 0 saturated heterocycles. The maximum atomic E-state index is 12.3. The molecule has 0 heterocycles. The van der Waals surface area contributed by atoms with Gasteiger partial charge in [-0.2, -0.15) is 5.26 Å². The van der Waals surface area contributed by atoms with Crippen LogP contribution in [0.2, 0.25) is 5.02 Å². The van der Waals surface area contributed by atoms with Crippen molar-refractivity contribution in [3.05, 3.63) is 64.7 Å². The Kier molecular flexibility index (Phi) is 6.75. The number of nitrogens with zero attached hydrogens (tertiary/aromatic N) is 1. The van der Waals surface area contributed by atoms with Crippen LogP contribution in [-0.4, -0.2) is 20.9 Å². The van der Waals surface area contributed by atoms with Crippen molar-refractivity contribution >= 4 is 27.5 Å². The van der Waals surface area contributed by atoms with E-state index in [-0.39, 0.29) is 29.8 Å². The molecule has 1 amide bonds. The zero-order valence-corrected chi connectivity index (χ0v) is 15.6. The molecule has 8 heteroatoms. The molecule has 2 rings (SSSR count). The number of carbonyl (C=O) groups is 1. The molecule has 2 aromatic carbocycles. The first-order chi connectivity index (χ1) is 12.3. The Labute approximate surface area is 157 Å². The Bertz CT molecular complexity index is 921. The molecule has 0 aliphatic rings. The molecule has 2 N–H and O–H groups in total. The summed E-state index contributed by atoms with van der Waals surface area (Å²) in [5, 5.41) is 11.9. The minimum Gasteiger partial charge on any atom is -0.346 e. The Morgan fingerprint density at radius 1 is 1.23 bits per heavy atom. The average molecular weight is 392 g/mol. The number of rotatable bonds is 7. The van der Waals surface area contributed by atoms with E-state index in [1.165, 1.54) is 24.3 Å². The van der Waals surface area contributed by atoms with Gasteiger partial charge in [0.1, 0.15) is 0 Å². The first kappa shape index (κ1) is 19.9. The van der Waals surface area contributed by atoms with Gasteiger partial charge in [0.05, 0.1) is 17.0 Å². The van der Waals surface area contributed by atoms with Crippen molar-refractivity contribution in [1.82, 2.24) is 10.0 Å². The average Bonchev–Trinajstić information content (AvgIpc) is 2.62. The monoisotopic (exact) mass is 391 g/mol. The van der Waals surface area contributed by atoms with E-state index in [2.05, 4.69) is 10.0 Å². The molecule has 6 nitrogen and oxygen atoms in total. The Morgan fingerprint density at radius 2 is 1.92 bits per heavy atom. The SMILES string of the molecule is C[C@H](NC(=O)c1ccc(S(=O)(=O)NCCC#N)cc1)c1cccc(Cl)c1. The molecule has 136 valence electrons. The van der Waals surface area contributed by atoms with Gasteiger partial charge in [-0.15, -0.1) is 0 Å². The summed E-state index contributed by atoms with van der Waals surface area (Å²) in [4.78, 5) is 12.4. The van der Waals surface area contributed by atoms with E-state index in [4.69, 9.17) is 16.9 Å². The maximum absolute atomic E-state index is 12.3. The Hall–Kier alpha value is -2.40. The first-order valence-corrected chi connectivity index (χ1v) is 9.72. The third kappa shape index (κ3) is 5.30. The maximum Gasteiger partial charge on any atom is 0.251 e. The zero-order chi connectivity index (χ0) is 19.2. The summed E-state index contributed by atoms with van der Waals surface area (Å²) in [6.45, 7) is 1.87. The van der Waals surface area contributed by atoms with Gasteiger partial charge in [-0.05, 0) is 48.9 Å². The lowest BCUT2D eigenvalue weighted by molar-refractivity contribution is 0.0940. The van der Waals surface area contributed by atoms with E-state index < -0.39 is 10.0 Å². The zero-order valence-electron chi connectivity index (χ0n) is 14.1. The molecule has 0 radical (unpaired) electrons. The van der Waals surface area contributed by atoms with Gasteiger partial charge >= 0.3 is 0 Å². The fourth-order valence-corrected chi connectivity index (χ4v) is 3.48. The number of hydrogen-bond donors (Lipinski definition) is 2. The number of nitriles is 1. The van der Waals surface area contributed by atoms with Gasteiger partial charge < -0.3 is 5.32 Å². The summed E-state index contributed by atoms with van der Waals surface area (Å²) in [7, 11) is -3.69. The summed E-state index contributed by atoms with van der Waals surface area (Å²) in [5.74, 6) is -0.320. The van der Waals surface area contributed by atoms with Crippen LogP contribution in [0.5, 0.6) is 0 Å². The topological polar surface area (TPSA) is 99.1 Å². The minimum absolute atomic E-state index is 0.0369. The number of hydrogen-bond acceptors (Lipinski definition) is 4. The fraction of sp³-hybridized carbons (Fsp3) is 0.222. The molecule has 0 spiro atoms. The van der Waals surface area contributed by atoms with Crippen LogP contribution in [0.4, 0.5) is 0 Å². The lowest BCUT2D eigenvalue weighted by Crippen LogP contribution is -2.27. The molecular formula is C18H18ClN3O3S. The number of nitrogens with one attached hydrogen (secondary N) is 2. The highest BCUT2D eigenvalue weighted by Gasteiger charge is 2.16. The van der Waals surface area contributed by atoms with Gasteiger partial charge in [0, 0.05) is 23.6 Å². The van der Waals surface area contributed by atoms with Gasteiger partial charge in [0.25, 0.3) is 5.91 Å². The van der Waals surface area contributed by atoms with Crippen molar-refractivity contribution in [1.29, 1.82) is 5.26 Å². The largest absolute Gasteiger partial charge is 0.346 e. The molecule has 2 aromatic rings. The Morgan fingerprint density at radius 3 is 2.54 bits per heavy atom.